The largest absolute Gasteiger partial charge is 0.296 e. The first-order valence-corrected chi connectivity index (χ1v) is 10.5. The number of hydrogen-bond acceptors (Lipinski definition) is 3. The van der Waals surface area contributed by atoms with Crippen molar-refractivity contribution in [3.05, 3.63) is 54.1 Å². The van der Waals surface area contributed by atoms with E-state index in [-0.39, 0.29) is 11.5 Å². The smallest absolute Gasteiger partial charge is 0.266 e. The normalized spacial score (nSPS) is 12.6. The summed E-state index contributed by atoms with van der Waals surface area (Å²) in [5.41, 5.74) is 1.83. The monoisotopic (exact) mass is 374 g/mol. The molecule has 4 heteroatoms. The summed E-state index contributed by atoms with van der Waals surface area (Å²) in [4.78, 5) is 0.178. The standard InChI is InChI=1S/C22H30O3S/c1-5-19(2)11-9-7-6-8-10-12-20(3)17-18-25-26(23,24)22-15-13-21(4)14-16-22/h10,12-16,19H,3,5,8-9,11,17-18H2,1-2,4H3/b12-10+. The SMILES string of the molecule is C=C(/C=C/CC#CCCC(C)CC)CCOS(=O)(=O)c1ccc(C)cc1. The molecule has 0 heterocycles. The van der Waals surface area contributed by atoms with Gasteiger partial charge in [0.1, 0.15) is 0 Å². The Morgan fingerprint density at radius 1 is 1.27 bits per heavy atom. The summed E-state index contributed by atoms with van der Waals surface area (Å²) < 4.78 is 29.2. The van der Waals surface area contributed by atoms with E-state index < -0.39 is 10.1 Å². The number of benzene rings is 1. The van der Waals surface area contributed by atoms with Crippen LogP contribution in [0.4, 0.5) is 0 Å². The topological polar surface area (TPSA) is 43.4 Å². The van der Waals surface area contributed by atoms with Crippen molar-refractivity contribution in [2.45, 2.75) is 57.8 Å². The zero-order valence-corrected chi connectivity index (χ0v) is 16.9. The molecule has 0 fully saturated rings. The molecule has 1 aromatic carbocycles. The second kappa shape index (κ2) is 11.7. The molecule has 0 spiro atoms. The third kappa shape index (κ3) is 9.03. The van der Waals surface area contributed by atoms with Gasteiger partial charge in [-0.05, 0) is 37.8 Å². The molecule has 0 saturated carbocycles. The Balaban J connectivity index is 2.29. The zero-order chi connectivity index (χ0) is 19.4. The number of hydrogen-bond donors (Lipinski definition) is 0. The van der Waals surface area contributed by atoms with E-state index in [1.54, 1.807) is 24.3 Å². The van der Waals surface area contributed by atoms with Gasteiger partial charge < -0.3 is 0 Å². The van der Waals surface area contributed by atoms with Gasteiger partial charge in [-0.25, -0.2) is 0 Å². The molecule has 3 nitrogen and oxygen atoms in total. The van der Waals surface area contributed by atoms with E-state index in [1.165, 1.54) is 6.42 Å². The van der Waals surface area contributed by atoms with Crippen molar-refractivity contribution in [1.29, 1.82) is 0 Å². The molecule has 0 aromatic heterocycles. The van der Waals surface area contributed by atoms with Gasteiger partial charge in [0, 0.05) is 12.8 Å². The summed E-state index contributed by atoms with van der Waals surface area (Å²) in [6.45, 7) is 10.3. The Morgan fingerprint density at radius 2 is 1.96 bits per heavy atom. The fraction of sp³-hybridized carbons (Fsp3) is 0.455. The predicted octanol–water partition coefficient (Wildman–Crippen LogP) is 5.42. The summed E-state index contributed by atoms with van der Waals surface area (Å²) in [7, 11) is -3.71. The van der Waals surface area contributed by atoms with Crippen molar-refractivity contribution in [3.63, 3.8) is 0 Å². The molecule has 0 bridgehead atoms. The maximum Gasteiger partial charge on any atom is 0.296 e. The Bertz CT molecular complexity index is 747. The molecule has 1 atom stereocenters. The van der Waals surface area contributed by atoms with Crippen molar-refractivity contribution in [2.75, 3.05) is 6.61 Å². The van der Waals surface area contributed by atoms with E-state index in [0.29, 0.717) is 12.8 Å². The van der Waals surface area contributed by atoms with Gasteiger partial charge in [0.05, 0.1) is 11.5 Å². The van der Waals surface area contributed by atoms with E-state index >= 15 is 0 Å². The minimum atomic E-state index is -3.71. The molecule has 1 unspecified atom stereocenters. The molecule has 0 N–H and O–H groups in total. The van der Waals surface area contributed by atoms with E-state index in [4.69, 9.17) is 4.18 Å². The average molecular weight is 375 g/mol. The van der Waals surface area contributed by atoms with Crippen LogP contribution in [0.1, 0.15) is 51.5 Å². The molecule has 142 valence electrons. The fourth-order valence-corrected chi connectivity index (χ4v) is 3.01. The van der Waals surface area contributed by atoms with Gasteiger partial charge in [-0.2, -0.15) is 8.42 Å². The summed E-state index contributed by atoms with van der Waals surface area (Å²) in [6.07, 6.45) is 8.26. The summed E-state index contributed by atoms with van der Waals surface area (Å²) in [5.74, 6) is 7.03. The Hall–Kier alpha value is -1.83. The number of rotatable bonds is 10. The van der Waals surface area contributed by atoms with Crippen molar-refractivity contribution in [1.82, 2.24) is 0 Å². The minimum Gasteiger partial charge on any atom is -0.266 e. The van der Waals surface area contributed by atoms with Crippen LogP contribution in [-0.2, 0) is 14.3 Å². The van der Waals surface area contributed by atoms with Crippen LogP contribution in [0.25, 0.3) is 0 Å². The van der Waals surface area contributed by atoms with Crippen molar-refractivity contribution in [2.24, 2.45) is 5.92 Å². The highest BCUT2D eigenvalue weighted by atomic mass is 32.2. The minimum absolute atomic E-state index is 0.0833. The van der Waals surface area contributed by atoms with Crippen molar-refractivity contribution < 1.29 is 12.6 Å². The Labute approximate surface area is 159 Å². The van der Waals surface area contributed by atoms with Crippen LogP contribution < -0.4 is 0 Å². The van der Waals surface area contributed by atoms with Crippen LogP contribution >= 0.6 is 0 Å². The summed E-state index contributed by atoms with van der Waals surface area (Å²) >= 11 is 0. The quantitative estimate of drug-likeness (QED) is 0.312. The first-order valence-electron chi connectivity index (χ1n) is 9.11. The van der Waals surface area contributed by atoms with Gasteiger partial charge in [-0.1, -0.05) is 68.2 Å². The lowest BCUT2D eigenvalue weighted by Crippen LogP contribution is -2.07. The molecule has 0 amide bonds. The van der Waals surface area contributed by atoms with Gasteiger partial charge in [-0.3, -0.25) is 4.18 Å². The molecular formula is C22H30O3S. The highest BCUT2D eigenvalue weighted by Crippen LogP contribution is 2.14. The maximum absolute atomic E-state index is 12.1. The molecule has 1 rings (SSSR count). The first-order chi connectivity index (χ1) is 12.3. The highest BCUT2D eigenvalue weighted by molar-refractivity contribution is 7.86. The fourth-order valence-electron chi connectivity index (χ4n) is 2.11. The number of allylic oxidation sites excluding steroid dienone is 2. The lowest BCUT2D eigenvalue weighted by molar-refractivity contribution is 0.323. The van der Waals surface area contributed by atoms with Gasteiger partial charge in [0.15, 0.2) is 0 Å². The van der Waals surface area contributed by atoms with E-state index in [0.717, 1.165) is 29.9 Å². The van der Waals surface area contributed by atoms with E-state index in [9.17, 15) is 8.42 Å². The van der Waals surface area contributed by atoms with Crippen LogP contribution in [0.5, 0.6) is 0 Å². The molecule has 0 aliphatic rings. The molecule has 1 aromatic rings. The van der Waals surface area contributed by atoms with Crippen LogP contribution in [-0.4, -0.2) is 15.0 Å². The Morgan fingerprint density at radius 3 is 2.62 bits per heavy atom. The molecular weight excluding hydrogens is 344 g/mol. The van der Waals surface area contributed by atoms with Gasteiger partial charge in [-0.15, -0.1) is 5.92 Å². The Kier molecular flexibility index (Phi) is 10.0. The molecule has 26 heavy (non-hydrogen) atoms. The van der Waals surface area contributed by atoms with Crippen LogP contribution in [0.3, 0.4) is 0 Å². The van der Waals surface area contributed by atoms with Crippen LogP contribution in [0.2, 0.25) is 0 Å². The molecule has 0 saturated heterocycles. The van der Waals surface area contributed by atoms with Crippen LogP contribution in [0.15, 0.2) is 53.5 Å². The molecule has 0 aliphatic carbocycles. The lowest BCUT2D eigenvalue weighted by Gasteiger charge is -2.06. The number of aryl methyl sites for hydroxylation is 1. The molecule has 0 aliphatic heterocycles. The molecule has 0 radical (unpaired) electrons. The third-order valence-corrected chi connectivity index (χ3v) is 5.46. The van der Waals surface area contributed by atoms with Crippen molar-refractivity contribution >= 4 is 10.1 Å². The predicted molar refractivity (Wildman–Crippen MR) is 108 cm³/mol. The van der Waals surface area contributed by atoms with E-state index in [2.05, 4.69) is 32.3 Å². The average Bonchev–Trinajstić information content (AvgIpc) is 2.60. The van der Waals surface area contributed by atoms with Crippen molar-refractivity contribution in [3.8, 4) is 11.8 Å². The van der Waals surface area contributed by atoms with Crippen LogP contribution in [0, 0.1) is 24.7 Å². The third-order valence-electron chi connectivity index (χ3n) is 4.13. The zero-order valence-electron chi connectivity index (χ0n) is 16.1. The lowest BCUT2D eigenvalue weighted by atomic mass is 10.0. The summed E-state index contributed by atoms with van der Waals surface area (Å²) in [5, 5.41) is 0. The van der Waals surface area contributed by atoms with Gasteiger partial charge in [0.25, 0.3) is 10.1 Å². The second-order valence-electron chi connectivity index (χ2n) is 6.51. The van der Waals surface area contributed by atoms with E-state index in [1.807, 2.05) is 19.1 Å². The highest BCUT2D eigenvalue weighted by Gasteiger charge is 2.14. The maximum atomic E-state index is 12.1. The first kappa shape index (κ1) is 22.2. The van der Waals surface area contributed by atoms with Gasteiger partial charge in [0.2, 0.25) is 0 Å². The second-order valence-corrected chi connectivity index (χ2v) is 8.12. The summed E-state index contributed by atoms with van der Waals surface area (Å²) in [6, 6.07) is 6.61. The van der Waals surface area contributed by atoms with Gasteiger partial charge >= 0.3 is 0 Å².